The van der Waals surface area contributed by atoms with Crippen molar-refractivity contribution in [1.29, 1.82) is 0 Å². The second-order valence-corrected chi connectivity index (χ2v) is 5.58. The predicted octanol–water partition coefficient (Wildman–Crippen LogP) is 6.00. The van der Waals surface area contributed by atoms with Gasteiger partial charge in [0.2, 0.25) is 0 Å². The number of aryl methyl sites for hydroxylation is 1. The van der Waals surface area contributed by atoms with Gasteiger partial charge in [-0.15, -0.1) is 0 Å². The molecule has 0 fully saturated rings. The lowest BCUT2D eigenvalue weighted by Gasteiger charge is -2.19. The summed E-state index contributed by atoms with van der Waals surface area (Å²) in [4.78, 5) is 0. The first kappa shape index (κ1) is 15.1. The average molecular weight is 312 g/mol. The van der Waals surface area contributed by atoms with Crippen molar-refractivity contribution >= 4 is 28.9 Å². The molecule has 0 saturated heterocycles. The summed E-state index contributed by atoms with van der Waals surface area (Å²) in [5.74, 6) is -0.581. The van der Waals surface area contributed by atoms with E-state index in [1.165, 1.54) is 11.1 Å². The highest BCUT2D eigenvalue weighted by Crippen LogP contribution is 2.30. The summed E-state index contributed by atoms with van der Waals surface area (Å²) in [6, 6.07) is 11.6. The Morgan fingerprint density at radius 2 is 1.65 bits per heavy atom. The molecule has 0 heterocycles. The minimum Gasteiger partial charge on any atom is -0.378 e. The molecule has 2 aromatic rings. The maximum absolute atomic E-state index is 13.4. The molecule has 1 unspecified atom stereocenters. The molecule has 2 rings (SSSR count). The van der Waals surface area contributed by atoms with Gasteiger partial charge in [0.25, 0.3) is 0 Å². The maximum atomic E-state index is 13.4. The Balaban J connectivity index is 2.24. The van der Waals surface area contributed by atoms with E-state index in [1.54, 1.807) is 12.1 Å². The molecule has 1 atom stereocenters. The quantitative estimate of drug-likeness (QED) is 0.682. The lowest BCUT2D eigenvalue weighted by atomic mass is 10.0. The lowest BCUT2D eigenvalue weighted by Crippen LogP contribution is -2.09. The first-order valence-corrected chi connectivity index (χ1v) is 7.24. The molecule has 0 spiro atoms. The Bertz CT molecular complexity index is 573. The summed E-state index contributed by atoms with van der Waals surface area (Å²) >= 11 is 11.6. The van der Waals surface area contributed by atoms with Crippen molar-refractivity contribution in [3.05, 3.63) is 63.4 Å². The van der Waals surface area contributed by atoms with Crippen molar-refractivity contribution in [2.45, 2.75) is 26.3 Å². The van der Waals surface area contributed by atoms with Crippen molar-refractivity contribution in [1.82, 2.24) is 0 Å². The van der Waals surface area contributed by atoms with Crippen LogP contribution in [0.2, 0.25) is 10.0 Å². The monoisotopic (exact) mass is 311 g/mol. The van der Waals surface area contributed by atoms with Crippen molar-refractivity contribution in [3.8, 4) is 0 Å². The normalized spacial score (nSPS) is 12.2. The van der Waals surface area contributed by atoms with Crippen LogP contribution in [0.3, 0.4) is 0 Å². The van der Waals surface area contributed by atoms with Crippen LogP contribution in [-0.4, -0.2) is 0 Å². The molecule has 0 aliphatic carbocycles. The van der Waals surface area contributed by atoms with E-state index in [1.807, 2.05) is 0 Å². The fraction of sp³-hybridized carbons (Fsp3) is 0.250. The van der Waals surface area contributed by atoms with Gasteiger partial charge in [0.05, 0.1) is 16.1 Å². The van der Waals surface area contributed by atoms with E-state index in [0.717, 1.165) is 6.42 Å². The number of anilines is 1. The third-order valence-corrected chi connectivity index (χ3v) is 3.76. The summed E-state index contributed by atoms with van der Waals surface area (Å²) < 4.78 is 13.4. The molecule has 1 N–H and O–H groups in total. The van der Waals surface area contributed by atoms with Gasteiger partial charge in [0, 0.05) is 5.69 Å². The van der Waals surface area contributed by atoms with Crippen LogP contribution in [-0.2, 0) is 0 Å². The Kier molecular flexibility index (Phi) is 4.90. The molecule has 0 bridgehead atoms. The van der Waals surface area contributed by atoms with Gasteiger partial charge in [-0.2, -0.15) is 0 Å². The summed E-state index contributed by atoms with van der Waals surface area (Å²) in [5.41, 5.74) is 3.11. The second kappa shape index (κ2) is 6.47. The van der Waals surface area contributed by atoms with Gasteiger partial charge in [0.15, 0.2) is 5.82 Å². The molecule has 0 aliphatic heterocycles. The molecule has 2 aromatic carbocycles. The zero-order valence-corrected chi connectivity index (χ0v) is 12.9. The van der Waals surface area contributed by atoms with Crippen LogP contribution in [0.25, 0.3) is 0 Å². The van der Waals surface area contributed by atoms with Crippen molar-refractivity contribution < 1.29 is 4.39 Å². The Morgan fingerprint density at radius 1 is 1.10 bits per heavy atom. The van der Waals surface area contributed by atoms with E-state index in [9.17, 15) is 4.39 Å². The van der Waals surface area contributed by atoms with Crippen molar-refractivity contribution in [3.63, 3.8) is 0 Å². The van der Waals surface area contributed by atoms with Crippen molar-refractivity contribution in [2.24, 2.45) is 0 Å². The number of halogens is 3. The second-order valence-electron chi connectivity index (χ2n) is 4.77. The van der Waals surface area contributed by atoms with Gasteiger partial charge in [-0.1, -0.05) is 60.0 Å². The van der Waals surface area contributed by atoms with Gasteiger partial charge in [-0.3, -0.25) is 0 Å². The summed E-state index contributed by atoms with van der Waals surface area (Å²) in [5, 5.41) is 3.39. The van der Waals surface area contributed by atoms with E-state index in [0.29, 0.717) is 5.69 Å². The first-order valence-electron chi connectivity index (χ1n) is 6.49. The van der Waals surface area contributed by atoms with Crippen LogP contribution in [0.15, 0.2) is 36.4 Å². The Morgan fingerprint density at radius 3 is 2.15 bits per heavy atom. The molecule has 0 aliphatic rings. The van der Waals surface area contributed by atoms with Crippen LogP contribution >= 0.6 is 23.2 Å². The summed E-state index contributed by atoms with van der Waals surface area (Å²) in [6.07, 6.45) is 0.898. The Hall–Kier alpha value is -1.25. The minimum atomic E-state index is -0.581. The van der Waals surface area contributed by atoms with Gasteiger partial charge in [0.1, 0.15) is 0 Å². The largest absolute Gasteiger partial charge is 0.378 e. The average Bonchev–Trinajstić information content (AvgIpc) is 2.43. The van der Waals surface area contributed by atoms with E-state index >= 15 is 0 Å². The standard InChI is InChI=1S/C16H16Cl2FN/c1-3-15(11-6-4-10(2)5-7-11)20-12-8-13(17)16(19)14(18)9-12/h4-9,15,20H,3H2,1-2H3. The van der Waals surface area contributed by atoms with Crippen LogP contribution in [0.5, 0.6) is 0 Å². The van der Waals surface area contributed by atoms with Crippen LogP contribution < -0.4 is 5.32 Å². The van der Waals surface area contributed by atoms with Gasteiger partial charge >= 0.3 is 0 Å². The third-order valence-electron chi connectivity index (χ3n) is 3.21. The van der Waals surface area contributed by atoms with Gasteiger partial charge < -0.3 is 5.32 Å². The Labute approximate surface area is 128 Å². The zero-order valence-electron chi connectivity index (χ0n) is 11.4. The van der Waals surface area contributed by atoms with Crippen LogP contribution in [0, 0.1) is 12.7 Å². The SMILES string of the molecule is CCC(Nc1cc(Cl)c(F)c(Cl)c1)c1ccc(C)cc1. The lowest BCUT2D eigenvalue weighted by molar-refractivity contribution is 0.628. The predicted molar refractivity (Wildman–Crippen MR) is 84.3 cm³/mol. The molecule has 0 radical (unpaired) electrons. The third kappa shape index (κ3) is 3.44. The molecule has 4 heteroatoms. The molecular formula is C16H16Cl2FN. The van der Waals surface area contributed by atoms with Crippen LogP contribution in [0.1, 0.15) is 30.5 Å². The van der Waals surface area contributed by atoms with E-state index in [2.05, 4.69) is 43.4 Å². The highest BCUT2D eigenvalue weighted by atomic mass is 35.5. The smallest absolute Gasteiger partial charge is 0.160 e. The summed E-state index contributed by atoms with van der Waals surface area (Å²) in [7, 11) is 0. The first-order chi connectivity index (χ1) is 9.51. The maximum Gasteiger partial charge on any atom is 0.160 e. The minimum absolute atomic E-state index is 0.0266. The molecule has 0 aromatic heterocycles. The molecule has 0 saturated carbocycles. The molecule has 20 heavy (non-hydrogen) atoms. The molecule has 0 amide bonds. The zero-order chi connectivity index (χ0) is 14.7. The number of hydrogen-bond donors (Lipinski definition) is 1. The topological polar surface area (TPSA) is 12.0 Å². The highest BCUT2D eigenvalue weighted by Gasteiger charge is 2.12. The molecule has 106 valence electrons. The number of nitrogens with one attached hydrogen (secondary N) is 1. The molecular weight excluding hydrogens is 296 g/mol. The number of rotatable bonds is 4. The number of benzene rings is 2. The van der Waals surface area contributed by atoms with Gasteiger partial charge in [-0.25, -0.2) is 4.39 Å². The fourth-order valence-electron chi connectivity index (χ4n) is 2.06. The van der Waals surface area contributed by atoms with E-state index in [-0.39, 0.29) is 16.1 Å². The van der Waals surface area contributed by atoms with E-state index < -0.39 is 5.82 Å². The van der Waals surface area contributed by atoms with Gasteiger partial charge in [-0.05, 0) is 31.0 Å². The highest BCUT2D eigenvalue weighted by molar-refractivity contribution is 6.35. The molecule has 1 nitrogen and oxygen atoms in total. The van der Waals surface area contributed by atoms with Crippen molar-refractivity contribution in [2.75, 3.05) is 5.32 Å². The fourth-order valence-corrected chi connectivity index (χ4v) is 2.55. The number of hydrogen-bond acceptors (Lipinski definition) is 1. The summed E-state index contributed by atoms with van der Waals surface area (Å²) in [6.45, 7) is 4.14. The van der Waals surface area contributed by atoms with E-state index in [4.69, 9.17) is 23.2 Å². The van der Waals surface area contributed by atoms with Crippen LogP contribution in [0.4, 0.5) is 10.1 Å².